The van der Waals surface area contributed by atoms with Gasteiger partial charge in [0, 0.05) is 6.54 Å². The summed E-state index contributed by atoms with van der Waals surface area (Å²) in [7, 11) is 1.66. The lowest BCUT2D eigenvalue weighted by Crippen LogP contribution is -2.59. The topological polar surface area (TPSA) is 98.7 Å². The first-order chi connectivity index (χ1) is 10.1. The van der Waals surface area contributed by atoms with E-state index in [1.807, 2.05) is 20.8 Å². The number of carbonyl (C=O) groups excluding carboxylic acids is 2. The SMILES string of the molecule is CNC(C)C(=O)NC(C(=O)N1CC=CC1C(=O)O)C(C)(C)C. The maximum atomic E-state index is 12.7. The molecule has 7 heteroatoms. The molecule has 0 bridgehead atoms. The molecule has 0 radical (unpaired) electrons. The van der Waals surface area contributed by atoms with Gasteiger partial charge in [-0.1, -0.05) is 32.9 Å². The smallest absolute Gasteiger partial charge is 0.330 e. The number of rotatable bonds is 5. The zero-order chi connectivity index (χ0) is 17.1. The molecular formula is C15H25N3O4. The number of carboxylic acids is 1. The number of carboxylic acid groups (broad SMARTS) is 1. The zero-order valence-corrected chi connectivity index (χ0v) is 13.7. The predicted octanol–water partition coefficient (Wildman–Crippen LogP) is -0.0232. The number of nitrogens with one attached hydrogen (secondary N) is 2. The number of aliphatic carboxylic acids is 1. The molecular weight excluding hydrogens is 286 g/mol. The molecule has 2 amide bonds. The van der Waals surface area contributed by atoms with Crippen LogP contribution in [0, 0.1) is 5.41 Å². The van der Waals surface area contributed by atoms with Crippen molar-refractivity contribution >= 4 is 17.8 Å². The summed E-state index contributed by atoms with van der Waals surface area (Å²) in [4.78, 5) is 37.3. The van der Waals surface area contributed by atoms with E-state index in [1.165, 1.54) is 11.0 Å². The van der Waals surface area contributed by atoms with E-state index in [4.69, 9.17) is 0 Å². The van der Waals surface area contributed by atoms with Crippen molar-refractivity contribution in [2.45, 2.75) is 45.8 Å². The zero-order valence-electron chi connectivity index (χ0n) is 13.7. The van der Waals surface area contributed by atoms with Gasteiger partial charge in [-0.25, -0.2) is 4.79 Å². The van der Waals surface area contributed by atoms with Crippen LogP contribution in [-0.2, 0) is 14.4 Å². The van der Waals surface area contributed by atoms with Gasteiger partial charge in [0.1, 0.15) is 12.1 Å². The molecule has 0 saturated carbocycles. The molecule has 124 valence electrons. The summed E-state index contributed by atoms with van der Waals surface area (Å²) in [5, 5.41) is 14.7. The Kier molecular flexibility index (Phi) is 5.71. The van der Waals surface area contributed by atoms with Crippen molar-refractivity contribution in [3.8, 4) is 0 Å². The van der Waals surface area contributed by atoms with Crippen molar-refractivity contribution in [3.05, 3.63) is 12.2 Å². The average Bonchev–Trinajstić information content (AvgIpc) is 2.91. The van der Waals surface area contributed by atoms with Crippen LogP contribution >= 0.6 is 0 Å². The van der Waals surface area contributed by atoms with Crippen LogP contribution in [0.2, 0.25) is 0 Å². The summed E-state index contributed by atoms with van der Waals surface area (Å²) in [6.07, 6.45) is 3.13. The first kappa shape index (κ1) is 18.2. The fourth-order valence-electron chi connectivity index (χ4n) is 2.18. The Balaban J connectivity index is 2.96. The van der Waals surface area contributed by atoms with E-state index in [0.717, 1.165) is 0 Å². The third-order valence-electron chi connectivity index (χ3n) is 3.72. The van der Waals surface area contributed by atoms with Gasteiger partial charge in [0.05, 0.1) is 6.04 Å². The number of hydrogen-bond donors (Lipinski definition) is 3. The second-order valence-corrected chi connectivity index (χ2v) is 6.52. The summed E-state index contributed by atoms with van der Waals surface area (Å²) >= 11 is 0. The number of hydrogen-bond acceptors (Lipinski definition) is 4. The van der Waals surface area contributed by atoms with Crippen LogP contribution in [0.5, 0.6) is 0 Å². The van der Waals surface area contributed by atoms with E-state index in [2.05, 4.69) is 10.6 Å². The lowest BCUT2D eigenvalue weighted by molar-refractivity contribution is -0.149. The van der Waals surface area contributed by atoms with Crippen LogP contribution in [0.4, 0.5) is 0 Å². The molecule has 7 nitrogen and oxygen atoms in total. The van der Waals surface area contributed by atoms with Gasteiger partial charge < -0.3 is 20.6 Å². The van der Waals surface area contributed by atoms with Gasteiger partial charge in [-0.05, 0) is 19.4 Å². The molecule has 0 aromatic carbocycles. The van der Waals surface area contributed by atoms with Gasteiger partial charge in [-0.3, -0.25) is 9.59 Å². The van der Waals surface area contributed by atoms with Crippen LogP contribution in [0.15, 0.2) is 12.2 Å². The number of carbonyl (C=O) groups is 3. The highest BCUT2D eigenvalue weighted by atomic mass is 16.4. The van der Waals surface area contributed by atoms with Crippen LogP contribution in [0.25, 0.3) is 0 Å². The molecule has 1 aliphatic heterocycles. The van der Waals surface area contributed by atoms with Crippen LogP contribution in [-0.4, -0.2) is 59.5 Å². The fraction of sp³-hybridized carbons (Fsp3) is 0.667. The largest absolute Gasteiger partial charge is 0.479 e. The van der Waals surface area contributed by atoms with E-state index in [1.54, 1.807) is 20.0 Å². The van der Waals surface area contributed by atoms with Gasteiger partial charge in [-0.2, -0.15) is 0 Å². The molecule has 3 atom stereocenters. The van der Waals surface area contributed by atoms with Crippen molar-refractivity contribution in [2.24, 2.45) is 5.41 Å². The van der Waals surface area contributed by atoms with Gasteiger partial charge >= 0.3 is 5.97 Å². The molecule has 22 heavy (non-hydrogen) atoms. The Hall–Kier alpha value is -1.89. The van der Waals surface area contributed by atoms with Crippen LogP contribution in [0.1, 0.15) is 27.7 Å². The maximum absolute atomic E-state index is 12.7. The Labute approximate surface area is 130 Å². The fourth-order valence-corrected chi connectivity index (χ4v) is 2.18. The van der Waals surface area contributed by atoms with Crippen LogP contribution < -0.4 is 10.6 Å². The first-order valence-electron chi connectivity index (χ1n) is 7.27. The lowest BCUT2D eigenvalue weighted by Gasteiger charge is -2.35. The van der Waals surface area contributed by atoms with Gasteiger partial charge in [0.2, 0.25) is 11.8 Å². The van der Waals surface area contributed by atoms with Crippen molar-refractivity contribution in [2.75, 3.05) is 13.6 Å². The van der Waals surface area contributed by atoms with E-state index < -0.39 is 29.5 Å². The molecule has 0 fully saturated rings. The van der Waals surface area contributed by atoms with Gasteiger partial charge in [-0.15, -0.1) is 0 Å². The van der Waals surface area contributed by atoms with Crippen molar-refractivity contribution < 1.29 is 19.5 Å². The van der Waals surface area contributed by atoms with E-state index in [9.17, 15) is 19.5 Å². The summed E-state index contributed by atoms with van der Waals surface area (Å²) in [5.41, 5.74) is -0.536. The predicted molar refractivity (Wildman–Crippen MR) is 82.2 cm³/mol. The Morgan fingerprint density at radius 1 is 1.32 bits per heavy atom. The summed E-state index contributed by atoms with van der Waals surface area (Å²) < 4.78 is 0. The van der Waals surface area contributed by atoms with E-state index >= 15 is 0 Å². The monoisotopic (exact) mass is 311 g/mol. The lowest BCUT2D eigenvalue weighted by atomic mass is 9.85. The molecule has 0 aromatic heterocycles. The Morgan fingerprint density at radius 2 is 1.91 bits per heavy atom. The molecule has 3 unspecified atom stereocenters. The quantitative estimate of drug-likeness (QED) is 0.620. The molecule has 3 N–H and O–H groups in total. The molecule has 1 heterocycles. The minimum absolute atomic E-state index is 0.236. The first-order valence-corrected chi connectivity index (χ1v) is 7.27. The van der Waals surface area contributed by atoms with Gasteiger partial charge in [0.25, 0.3) is 0 Å². The molecule has 0 aromatic rings. The number of likely N-dealkylation sites (N-methyl/N-ethyl adjacent to an activating group) is 1. The van der Waals surface area contributed by atoms with Gasteiger partial charge in [0.15, 0.2) is 0 Å². The second-order valence-electron chi connectivity index (χ2n) is 6.52. The molecule has 0 aliphatic carbocycles. The normalized spacial score (nSPS) is 20.6. The summed E-state index contributed by atoms with van der Waals surface area (Å²) in [6, 6.07) is -2.21. The third kappa shape index (κ3) is 4.07. The number of amides is 2. The molecule has 0 saturated heterocycles. The highest BCUT2D eigenvalue weighted by Crippen LogP contribution is 2.23. The highest BCUT2D eigenvalue weighted by molar-refractivity contribution is 5.93. The molecule has 1 rings (SSSR count). The van der Waals surface area contributed by atoms with E-state index in [-0.39, 0.29) is 18.4 Å². The van der Waals surface area contributed by atoms with Crippen molar-refractivity contribution in [1.29, 1.82) is 0 Å². The third-order valence-corrected chi connectivity index (χ3v) is 3.72. The molecule has 1 aliphatic rings. The maximum Gasteiger partial charge on any atom is 0.330 e. The second kappa shape index (κ2) is 6.91. The minimum atomic E-state index is -1.08. The van der Waals surface area contributed by atoms with Crippen LogP contribution in [0.3, 0.4) is 0 Å². The Morgan fingerprint density at radius 3 is 2.36 bits per heavy atom. The highest BCUT2D eigenvalue weighted by Gasteiger charge is 2.40. The Bertz CT molecular complexity index is 482. The van der Waals surface area contributed by atoms with E-state index in [0.29, 0.717) is 0 Å². The van der Waals surface area contributed by atoms with Crippen molar-refractivity contribution in [1.82, 2.24) is 15.5 Å². The number of nitrogens with zero attached hydrogens (tertiary/aromatic N) is 1. The minimum Gasteiger partial charge on any atom is -0.479 e. The standard InChI is InChI=1S/C15H25N3O4/c1-9(16-5)12(19)17-11(15(2,3)4)13(20)18-8-6-7-10(18)14(21)22/h6-7,9-11,16H,8H2,1-5H3,(H,17,19)(H,21,22). The average molecular weight is 311 g/mol. The summed E-state index contributed by atoms with van der Waals surface area (Å²) in [5.74, 6) is -1.76. The summed E-state index contributed by atoms with van der Waals surface area (Å²) in [6.45, 7) is 7.42. The molecule has 0 spiro atoms. The van der Waals surface area contributed by atoms with Crippen molar-refractivity contribution in [3.63, 3.8) is 0 Å².